The summed E-state index contributed by atoms with van der Waals surface area (Å²) in [5, 5.41) is 0. The summed E-state index contributed by atoms with van der Waals surface area (Å²) in [5.41, 5.74) is 5.75. The molecule has 0 aromatic heterocycles. The van der Waals surface area contributed by atoms with Crippen molar-refractivity contribution >= 4 is 34.2 Å². The zero-order chi connectivity index (χ0) is 15.6. The van der Waals surface area contributed by atoms with E-state index in [1.54, 1.807) is 11.8 Å². The maximum atomic E-state index is 13.0. The van der Waals surface area contributed by atoms with E-state index >= 15 is 0 Å². The van der Waals surface area contributed by atoms with Crippen LogP contribution >= 0.6 is 28.3 Å². The number of hydrogen-bond donors (Lipinski definition) is 1. The molecule has 0 radical (unpaired) electrons. The molecule has 1 saturated heterocycles. The Morgan fingerprint density at radius 2 is 2.27 bits per heavy atom. The van der Waals surface area contributed by atoms with Crippen molar-refractivity contribution in [3.8, 4) is 5.75 Å². The van der Waals surface area contributed by atoms with Gasteiger partial charge in [0.2, 0.25) is 0 Å². The summed E-state index contributed by atoms with van der Waals surface area (Å²) in [4.78, 5) is 14.2. The SMILES string of the molecule is CC(Oc1ccc(F)cc1Br)C(=O)N1CCC(C)(CN)C1.Cl. The van der Waals surface area contributed by atoms with Crippen LogP contribution in [0.15, 0.2) is 22.7 Å². The molecule has 1 heterocycles. The number of ether oxygens (including phenoxy) is 1. The molecule has 1 aromatic rings. The largest absolute Gasteiger partial charge is 0.480 e. The summed E-state index contributed by atoms with van der Waals surface area (Å²) in [6.07, 6.45) is 0.286. The molecule has 2 N–H and O–H groups in total. The van der Waals surface area contributed by atoms with Crippen LogP contribution in [0.1, 0.15) is 20.3 Å². The fourth-order valence-electron chi connectivity index (χ4n) is 2.45. The molecule has 1 aromatic carbocycles. The number of nitrogens with zero attached hydrogens (tertiary/aromatic N) is 1. The van der Waals surface area contributed by atoms with E-state index in [9.17, 15) is 9.18 Å². The summed E-state index contributed by atoms with van der Waals surface area (Å²) in [6, 6.07) is 4.13. The van der Waals surface area contributed by atoms with Crippen molar-refractivity contribution in [3.05, 3.63) is 28.5 Å². The normalized spacial score (nSPS) is 22.1. The second-order valence-corrected chi connectivity index (χ2v) is 6.71. The zero-order valence-corrected chi connectivity index (χ0v) is 15.0. The Bertz CT molecular complexity index is 546. The van der Waals surface area contributed by atoms with E-state index in [0.29, 0.717) is 29.9 Å². The third-order valence-corrected chi connectivity index (χ3v) is 4.53. The number of benzene rings is 1. The first-order valence-corrected chi connectivity index (χ1v) is 7.74. The third-order valence-electron chi connectivity index (χ3n) is 3.91. The molecule has 0 spiro atoms. The average molecular weight is 396 g/mol. The monoisotopic (exact) mass is 394 g/mol. The number of amides is 1. The Balaban J connectivity index is 0.00000242. The molecule has 2 atom stereocenters. The number of halogens is 3. The third kappa shape index (κ3) is 4.33. The number of likely N-dealkylation sites (tertiary alicyclic amines) is 1. The van der Waals surface area contributed by atoms with Crippen LogP contribution in [0.4, 0.5) is 4.39 Å². The van der Waals surface area contributed by atoms with Gasteiger partial charge in [0.1, 0.15) is 11.6 Å². The van der Waals surface area contributed by atoms with Gasteiger partial charge < -0.3 is 15.4 Å². The molecular formula is C15H21BrClFN2O2. The maximum absolute atomic E-state index is 13.0. The van der Waals surface area contributed by atoms with Gasteiger partial charge in [0.05, 0.1) is 4.47 Å². The lowest BCUT2D eigenvalue weighted by Gasteiger charge is -2.25. The van der Waals surface area contributed by atoms with E-state index in [-0.39, 0.29) is 29.5 Å². The second kappa shape index (κ2) is 7.62. The van der Waals surface area contributed by atoms with E-state index in [1.165, 1.54) is 18.2 Å². The minimum Gasteiger partial charge on any atom is -0.480 e. The molecule has 0 saturated carbocycles. The van der Waals surface area contributed by atoms with Crippen LogP contribution in [-0.4, -0.2) is 36.5 Å². The number of nitrogens with two attached hydrogens (primary N) is 1. The molecule has 0 aliphatic carbocycles. The zero-order valence-electron chi connectivity index (χ0n) is 12.6. The van der Waals surface area contributed by atoms with Crippen LogP contribution in [0.3, 0.4) is 0 Å². The Morgan fingerprint density at radius 1 is 1.59 bits per heavy atom. The van der Waals surface area contributed by atoms with Crippen LogP contribution in [0.2, 0.25) is 0 Å². The fourth-order valence-corrected chi connectivity index (χ4v) is 2.89. The average Bonchev–Trinajstić information content (AvgIpc) is 2.84. The van der Waals surface area contributed by atoms with Gasteiger partial charge in [-0.05, 0) is 59.4 Å². The van der Waals surface area contributed by atoms with Crippen molar-refractivity contribution in [1.82, 2.24) is 4.90 Å². The summed E-state index contributed by atoms with van der Waals surface area (Å²) < 4.78 is 19.2. The molecule has 0 bridgehead atoms. The smallest absolute Gasteiger partial charge is 0.263 e. The predicted molar refractivity (Wildman–Crippen MR) is 89.8 cm³/mol. The summed E-state index contributed by atoms with van der Waals surface area (Å²) in [6.45, 7) is 5.71. The molecule has 4 nitrogen and oxygen atoms in total. The molecule has 124 valence electrons. The van der Waals surface area contributed by atoms with Gasteiger partial charge in [0.25, 0.3) is 5.91 Å². The van der Waals surface area contributed by atoms with E-state index in [0.717, 1.165) is 6.42 Å². The fraction of sp³-hybridized carbons (Fsp3) is 0.533. The van der Waals surface area contributed by atoms with Crippen LogP contribution in [0, 0.1) is 11.2 Å². The highest BCUT2D eigenvalue weighted by atomic mass is 79.9. The lowest BCUT2D eigenvalue weighted by Crippen LogP contribution is -2.41. The van der Waals surface area contributed by atoms with Crippen molar-refractivity contribution in [1.29, 1.82) is 0 Å². The van der Waals surface area contributed by atoms with Gasteiger partial charge in [-0.2, -0.15) is 0 Å². The minimum absolute atomic E-state index is 0. The van der Waals surface area contributed by atoms with E-state index in [2.05, 4.69) is 22.9 Å². The number of hydrogen-bond acceptors (Lipinski definition) is 3. The minimum atomic E-state index is -0.619. The molecule has 1 fully saturated rings. The maximum Gasteiger partial charge on any atom is 0.263 e. The van der Waals surface area contributed by atoms with Crippen LogP contribution < -0.4 is 10.5 Å². The lowest BCUT2D eigenvalue weighted by molar-refractivity contribution is -0.137. The van der Waals surface area contributed by atoms with Crippen LogP contribution in [-0.2, 0) is 4.79 Å². The summed E-state index contributed by atoms with van der Waals surface area (Å²) >= 11 is 3.23. The van der Waals surface area contributed by atoms with Gasteiger partial charge in [0.15, 0.2) is 6.10 Å². The van der Waals surface area contributed by atoms with Gasteiger partial charge in [-0.25, -0.2) is 4.39 Å². The lowest BCUT2D eigenvalue weighted by atomic mass is 9.90. The molecule has 1 aliphatic rings. The first kappa shape index (κ1) is 19.2. The summed E-state index contributed by atoms with van der Waals surface area (Å²) in [7, 11) is 0. The van der Waals surface area contributed by atoms with Crippen molar-refractivity contribution in [3.63, 3.8) is 0 Å². The van der Waals surface area contributed by atoms with E-state index in [4.69, 9.17) is 10.5 Å². The highest BCUT2D eigenvalue weighted by Gasteiger charge is 2.36. The molecule has 1 aliphatic heterocycles. The standard InChI is InChI=1S/C15H20BrFN2O2.ClH/c1-10(21-13-4-3-11(17)7-12(13)16)14(20)19-6-5-15(2,8-18)9-19;/h3-4,7,10H,5-6,8-9,18H2,1-2H3;1H. The van der Waals surface area contributed by atoms with Gasteiger partial charge in [-0.3, -0.25) is 4.79 Å². The molecule has 22 heavy (non-hydrogen) atoms. The molecule has 1 amide bonds. The van der Waals surface area contributed by atoms with E-state index < -0.39 is 6.10 Å². The first-order chi connectivity index (χ1) is 9.84. The number of carbonyl (C=O) groups excluding carboxylic acids is 1. The quantitative estimate of drug-likeness (QED) is 0.853. The Morgan fingerprint density at radius 3 is 2.82 bits per heavy atom. The first-order valence-electron chi connectivity index (χ1n) is 6.95. The van der Waals surface area contributed by atoms with Crippen molar-refractivity contribution < 1.29 is 13.9 Å². The Hall–Kier alpha value is -0.850. The van der Waals surface area contributed by atoms with Gasteiger partial charge in [0, 0.05) is 13.1 Å². The highest BCUT2D eigenvalue weighted by molar-refractivity contribution is 9.10. The predicted octanol–water partition coefficient (Wildman–Crippen LogP) is 2.97. The van der Waals surface area contributed by atoms with Crippen molar-refractivity contribution in [2.24, 2.45) is 11.1 Å². The summed E-state index contributed by atoms with van der Waals surface area (Å²) in [5.74, 6) is 0.0351. The Kier molecular flexibility index (Phi) is 6.65. The van der Waals surface area contributed by atoms with Crippen molar-refractivity contribution in [2.45, 2.75) is 26.4 Å². The Labute approximate surface area is 144 Å². The molecular weight excluding hydrogens is 375 g/mol. The van der Waals surface area contributed by atoms with Crippen LogP contribution in [0.5, 0.6) is 5.75 Å². The van der Waals surface area contributed by atoms with E-state index in [1.807, 2.05) is 0 Å². The van der Waals surface area contributed by atoms with Gasteiger partial charge in [-0.1, -0.05) is 6.92 Å². The number of carbonyl (C=O) groups is 1. The van der Waals surface area contributed by atoms with Gasteiger partial charge in [-0.15, -0.1) is 12.4 Å². The highest BCUT2D eigenvalue weighted by Crippen LogP contribution is 2.30. The van der Waals surface area contributed by atoms with Crippen molar-refractivity contribution in [2.75, 3.05) is 19.6 Å². The number of rotatable bonds is 4. The van der Waals surface area contributed by atoms with Crippen LogP contribution in [0.25, 0.3) is 0 Å². The molecule has 2 unspecified atom stereocenters. The second-order valence-electron chi connectivity index (χ2n) is 5.86. The molecule has 2 rings (SSSR count). The molecule has 7 heteroatoms. The van der Waals surface area contributed by atoms with Gasteiger partial charge >= 0.3 is 0 Å². The topological polar surface area (TPSA) is 55.6 Å².